The SMILES string of the molecule is C=CC[C@H]1CC(C)=C[C@@H](OC(C)C)[C@@H]1NC(C)=O. The summed E-state index contributed by atoms with van der Waals surface area (Å²) in [6.45, 7) is 11.5. The molecular weight excluding hydrogens is 226 g/mol. The Bertz CT molecular complexity index is 333. The van der Waals surface area contributed by atoms with Crippen molar-refractivity contribution in [1.82, 2.24) is 5.32 Å². The molecule has 0 heterocycles. The van der Waals surface area contributed by atoms with E-state index in [0.717, 1.165) is 12.8 Å². The Hall–Kier alpha value is -1.09. The lowest BCUT2D eigenvalue weighted by Gasteiger charge is -2.37. The summed E-state index contributed by atoms with van der Waals surface area (Å²) in [6.07, 6.45) is 6.07. The molecule has 0 radical (unpaired) electrons. The fourth-order valence-corrected chi connectivity index (χ4v) is 2.58. The number of hydrogen-bond donors (Lipinski definition) is 1. The molecule has 3 atom stereocenters. The third-order valence-corrected chi connectivity index (χ3v) is 3.16. The molecule has 1 rings (SSSR count). The van der Waals surface area contributed by atoms with Gasteiger partial charge in [0.2, 0.25) is 5.91 Å². The molecule has 0 aromatic rings. The van der Waals surface area contributed by atoms with E-state index in [2.05, 4.69) is 24.9 Å². The molecule has 0 aromatic heterocycles. The van der Waals surface area contributed by atoms with Crippen LogP contribution in [0.4, 0.5) is 0 Å². The minimum atomic E-state index is -0.0346. The van der Waals surface area contributed by atoms with Crippen molar-refractivity contribution in [3.8, 4) is 0 Å². The fourth-order valence-electron chi connectivity index (χ4n) is 2.58. The first kappa shape index (κ1) is 15.0. The third kappa shape index (κ3) is 4.30. The second-order valence-electron chi connectivity index (χ2n) is 5.38. The molecule has 0 fully saturated rings. The molecule has 0 saturated heterocycles. The molecule has 0 aliphatic heterocycles. The number of hydrogen-bond acceptors (Lipinski definition) is 2. The molecule has 0 unspecified atom stereocenters. The molecule has 3 nitrogen and oxygen atoms in total. The van der Waals surface area contributed by atoms with Crippen molar-refractivity contribution in [2.75, 3.05) is 0 Å². The summed E-state index contributed by atoms with van der Waals surface area (Å²) >= 11 is 0. The Kier molecular flexibility index (Phi) is 5.60. The van der Waals surface area contributed by atoms with E-state index in [0.29, 0.717) is 5.92 Å². The van der Waals surface area contributed by atoms with Gasteiger partial charge in [-0.1, -0.05) is 17.7 Å². The number of carbonyl (C=O) groups is 1. The first-order valence-electron chi connectivity index (χ1n) is 6.64. The Morgan fingerprint density at radius 3 is 2.83 bits per heavy atom. The number of carbonyl (C=O) groups excluding carboxylic acids is 1. The standard InChI is InChI=1S/C15H25NO2/c1-6-7-13-8-11(4)9-14(18-10(2)3)15(13)16-12(5)17/h6,9-10,13-15H,1,7-8H2,2-5H3,(H,16,17)/t13-,14+,15+/m0/s1. The normalized spacial score (nSPS) is 27.8. The van der Waals surface area contributed by atoms with Crippen LogP contribution in [0.15, 0.2) is 24.3 Å². The van der Waals surface area contributed by atoms with Crippen molar-refractivity contribution in [2.24, 2.45) is 5.92 Å². The van der Waals surface area contributed by atoms with Crippen molar-refractivity contribution in [3.05, 3.63) is 24.3 Å². The van der Waals surface area contributed by atoms with E-state index in [1.165, 1.54) is 5.57 Å². The lowest BCUT2D eigenvalue weighted by Crippen LogP contribution is -2.50. The van der Waals surface area contributed by atoms with Gasteiger partial charge in [0, 0.05) is 6.92 Å². The van der Waals surface area contributed by atoms with Crippen molar-refractivity contribution < 1.29 is 9.53 Å². The molecule has 0 bridgehead atoms. The van der Waals surface area contributed by atoms with Crippen LogP contribution in [0.1, 0.15) is 40.5 Å². The topological polar surface area (TPSA) is 38.3 Å². The van der Waals surface area contributed by atoms with Gasteiger partial charge in [0.15, 0.2) is 0 Å². The highest BCUT2D eigenvalue weighted by molar-refractivity contribution is 5.73. The first-order chi connectivity index (χ1) is 8.43. The van der Waals surface area contributed by atoms with E-state index in [9.17, 15) is 4.79 Å². The minimum absolute atomic E-state index is 0.000582. The van der Waals surface area contributed by atoms with Gasteiger partial charge in [-0.05, 0) is 39.5 Å². The van der Waals surface area contributed by atoms with Crippen LogP contribution in [0.25, 0.3) is 0 Å². The van der Waals surface area contributed by atoms with Crippen LogP contribution < -0.4 is 5.32 Å². The van der Waals surface area contributed by atoms with Crippen molar-refractivity contribution in [3.63, 3.8) is 0 Å². The van der Waals surface area contributed by atoms with Gasteiger partial charge >= 0.3 is 0 Å². The van der Waals surface area contributed by atoms with Crippen molar-refractivity contribution in [1.29, 1.82) is 0 Å². The average molecular weight is 251 g/mol. The fraction of sp³-hybridized carbons (Fsp3) is 0.667. The maximum absolute atomic E-state index is 11.4. The van der Waals surface area contributed by atoms with Gasteiger partial charge in [0.25, 0.3) is 0 Å². The van der Waals surface area contributed by atoms with E-state index < -0.39 is 0 Å². The lowest BCUT2D eigenvalue weighted by atomic mass is 9.81. The van der Waals surface area contributed by atoms with E-state index >= 15 is 0 Å². The maximum atomic E-state index is 11.4. The molecule has 1 aliphatic rings. The summed E-state index contributed by atoms with van der Waals surface area (Å²) in [6, 6.07) is 0.0478. The Balaban J connectivity index is 2.89. The predicted octanol–water partition coefficient (Wildman–Crippen LogP) is 2.83. The van der Waals surface area contributed by atoms with Gasteiger partial charge in [0.05, 0.1) is 18.2 Å². The van der Waals surface area contributed by atoms with Gasteiger partial charge in [-0.3, -0.25) is 4.79 Å². The highest BCUT2D eigenvalue weighted by atomic mass is 16.5. The quantitative estimate of drug-likeness (QED) is 0.763. The molecule has 0 spiro atoms. The highest BCUT2D eigenvalue weighted by Gasteiger charge is 2.33. The zero-order valence-corrected chi connectivity index (χ0v) is 11.9. The second kappa shape index (κ2) is 6.74. The van der Waals surface area contributed by atoms with E-state index in [1.807, 2.05) is 19.9 Å². The number of nitrogens with one attached hydrogen (secondary N) is 1. The summed E-state index contributed by atoms with van der Waals surface area (Å²) in [5.41, 5.74) is 1.33. The van der Waals surface area contributed by atoms with Crippen LogP contribution in [-0.4, -0.2) is 24.2 Å². The summed E-state index contributed by atoms with van der Waals surface area (Å²) in [4.78, 5) is 11.4. The Morgan fingerprint density at radius 2 is 2.33 bits per heavy atom. The molecule has 0 aromatic carbocycles. The number of rotatable bonds is 5. The zero-order valence-electron chi connectivity index (χ0n) is 11.9. The Morgan fingerprint density at radius 1 is 1.67 bits per heavy atom. The smallest absolute Gasteiger partial charge is 0.217 e. The van der Waals surface area contributed by atoms with Crippen LogP contribution in [-0.2, 0) is 9.53 Å². The molecular formula is C15H25NO2. The molecule has 0 saturated carbocycles. The van der Waals surface area contributed by atoms with Crippen LogP contribution in [0, 0.1) is 5.92 Å². The van der Waals surface area contributed by atoms with Gasteiger partial charge in [-0.15, -0.1) is 6.58 Å². The molecule has 102 valence electrons. The molecule has 1 aliphatic carbocycles. The van der Waals surface area contributed by atoms with E-state index in [-0.39, 0.29) is 24.2 Å². The Labute approximate surface area is 110 Å². The van der Waals surface area contributed by atoms with E-state index in [4.69, 9.17) is 4.74 Å². The van der Waals surface area contributed by atoms with Crippen LogP contribution in [0.2, 0.25) is 0 Å². The largest absolute Gasteiger partial charge is 0.369 e. The summed E-state index contributed by atoms with van der Waals surface area (Å²) in [5.74, 6) is 0.375. The highest BCUT2D eigenvalue weighted by Crippen LogP contribution is 2.29. The average Bonchev–Trinajstić information content (AvgIpc) is 2.22. The van der Waals surface area contributed by atoms with Gasteiger partial charge in [0.1, 0.15) is 0 Å². The number of amides is 1. The molecule has 3 heteroatoms. The van der Waals surface area contributed by atoms with Gasteiger partial charge < -0.3 is 10.1 Å². The summed E-state index contributed by atoms with van der Waals surface area (Å²) in [7, 11) is 0. The monoisotopic (exact) mass is 251 g/mol. The lowest BCUT2D eigenvalue weighted by molar-refractivity contribution is -0.121. The minimum Gasteiger partial charge on any atom is -0.369 e. The van der Waals surface area contributed by atoms with E-state index in [1.54, 1.807) is 6.92 Å². The molecule has 1 amide bonds. The van der Waals surface area contributed by atoms with Crippen molar-refractivity contribution in [2.45, 2.75) is 58.8 Å². The molecule has 18 heavy (non-hydrogen) atoms. The summed E-state index contributed by atoms with van der Waals surface area (Å²) in [5, 5.41) is 3.04. The van der Waals surface area contributed by atoms with Gasteiger partial charge in [-0.2, -0.15) is 0 Å². The maximum Gasteiger partial charge on any atom is 0.217 e. The van der Waals surface area contributed by atoms with Crippen LogP contribution >= 0.6 is 0 Å². The summed E-state index contributed by atoms with van der Waals surface area (Å²) < 4.78 is 5.93. The number of allylic oxidation sites excluding steroid dienone is 2. The predicted molar refractivity (Wildman–Crippen MR) is 74.3 cm³/mol. The van der Waals surface area contributed by atoms with Gasteiger partial charge in [-0.25, -0.2) is 0 Å². The van der Waals surface area contributed by atoms with Crippen molar-refractivity contribution >= 4 is 5.91 Å². The number of ether oxygens (including phenoxy) is 1. The molecule has 1 N–H and O–H groups in total. The third-order valence-electron chi connectivity index (χ3n) is 3.16. The van der Waals surface area contributed by atoms with Crippen LogP contribution in [0.3, 0.4) is 0 Å². The zero-order chi connectivity index (χ0) is 13.7. The van der Waals surface area contributed by atoms with Crippen LogP contribution in [0.5, 0.6) is 0 Å². The second-order valence-corrected chi connectivity index (χ2v) is 5.38. The first-order valence-corrected chi connectivity index (χ1v) is 6.64.